The molecule has 6 nitrogen and oxygen atoms in total. The first-order valence-corrected chi connectivity index (χ1v) is 9.18. The Hall–Kier alpha value is -1.02. The number of carbonyl (C=O) groups is 1. The molecular weight excluding hydrogens is 312 g/mol. The first kappa shape index (κ1) is 16.8. The van der Waals surface area contributed by atoms with Crippen molar-refractivity contribution in [3.05, 3.63) is 16.6 Å². The van der Waals surface area contributed by atoms with Crippen LogP contribution in [-0.2, 0) is 16.1 Å². The Kier molecular flexibility index (Phi) is 5.63. The predicted molar refractivity (Wildman–Crippen MR) is 90.4 cm³/mol. The third-order valence-electron chi connectivity index (χ3n) is 4.75. The third-order valence-corrected chi connectivity index (χ3v) is 5.51. The minimum atomic E-state index is 0.0810. The molecule has 2 fully saturated rings. The van der Waals surface area contributed by atoms with E-state index in [0.29, 0.717) is 13.2 Å². The van der Waals surface area contributed by atoms with E-state index in [1.807, 2.05) is 11.6 Å². The van der Waals surface area contributed by atoms with Gasteiger partial charge in [0.2, 0.25) is 5.91 Å². The van der Waals surface area contributed by atoms with E-state index in [4.69, 9.17) is 4.74 Å². The predicted octanol–water partition coefficient (Wildman–Crippen LogP) is 0.804. The van der Waals surface area contributed by atoms with Crippen LogP contribution in [0, 0.1) is 5.41 Å². The second-order valence-electron chi connectivity index (χ2n) is 6.68. The van der Waals surface area contributed by atoms with Crippen molar-refractivity contribution in [2.24, 2.45) is 5.41 Å². The molecule has 2 aliphatic heterocycles. The van der Waals surface area contributed by atoms with Gasteiger partial charge in [0.1, 0.15) is 5.01 Å². The van der Waals surface area contributed by atoms with E-state index in [9.17, 15) is 4.79 Å². The molecule has 0 aliphatic carbocycles. The van der Waals surface area contributed by atoms with Crippen LogP contribution in [0.3, 0.4) is 0 Å². The van der Waals surface area contributed by atoms with Gasteiger partial charge < -0.3 is 10.1 Å². The highest BCUT2D eigenvalue weighted by molar-refractivity contribution is 7.09. The number of aromatic nitrogens is 1. The van der Waals surface area contributed by atoms with Gasteiger partial charge in [-0.3, -0.25) is 14.6 Å². The SMILES string of the molecule is CNC(=O)CN1CCOCC2(CCCN(Cc3nccs3)C2)C1. The van der Waals surface area contributed by atoms with Crippen LogP contribution < -0.4 is 5.32 Å². The molecule has 2 aliphatic rings. The highest BCUT2D eigenvalue weighted by Crippen LogP contribution is 2.33. The fourth-order valence-electron chi connectivity index (χ4n) is 3.71. The number of likely N-dealkylation sites (tertiary alicyclic amines) is 1. The number of thiazole rings is 1. The van der Waals surface area contributed by atoms with Crippen LogP contribution in [0.25, 0.3) is 0 Å². The van der Waals surface area contributed by atoms with E-state index < -0.39 is 0 Å². The van der Waals surface area contributed by atoms with Gasteiger partial charge in [-0.2, -0.15) is 0 Å². The molecule has 1 N–H and O–H groups in total. The first-order chi connectivity index (χ1) is 11.2. The van der Waals surface area contributed by atoms with Crippen molar-refractivity contribution in [1.82, 2.24) is 20.1 Å². The van der Waals surface area contributed by atoms with Gasteiger partial charge in [-0.05, 0) is 19.4 Å². The van der Waals surface area contributed by atoms with Gasteiger partial charge in [0.15, 0.2) is 0 Å². The van der Waals surface area contributed by atoms with Crippen LogP contribution >= 0.6 is 11.3 Å². The lowest BCUT2D eigenvalue weighted by molar-refractivity contribution is -0.122. The summed E-state index contributed by atoms with van der Waals surface area (Å²) in [5.74, 6) is 0.0810. The lowest BCUT2D eigenvalue weighted by Crippen LogP contribution is -2.51. The zero-order valence-electron chi connectivity index (χ0n) is 13.8. The minimum Gasteiger partial charge on any atom is -0.379 e. The number of hydrogen-bond acceptors (Lipinski definition) is 6. The highest BCUT2D eigenvalue weighted by Gasteiger charge is 2.39. The zero-order valence-corrected chi connectivity index (χ0v) is 14.6. The van der Waals surface area contributed by atoms with Crippen LogP contribution in [0.2, 0.25) is 0 Å². The Morgan fingerprint density at radius 3 is 3.09 bits per heavy atom. The molecule has 0 saturated carbocycles. The molecule has 1 amide bonds. The Labute approximate surface area is 141 Å². The molecule has 23 heavy (non-hydrogen) atoms. The summed E-state index contributed by atoms with van der Waals surface area (Å²) in [5, 5.41) is 5.94. The minimum absolute atomic E-state index is 0.0810. The largest absolute Gasteiger partial charge is 0.379 e. The molecule has 3 rings (SSSR count). The van der Waals surface area contributed by atoms with Gasteiger partial charge in [0, 0.05) is 43.7 Å². The Morgan fingerprint density at radius 2 is 2.30 bits per heavy atom. The normalized spacial score (nSPS) is 27.0. The zero-order chi connectivity index (χ0) is 16.1. The van der Waals surface area contributed by atoms with E-state index in [0.717, 1.165) is 39.3 Å². The van der Waals surface area contributed by atoms with Gasteiger partial charge in [-0.1, -0.05) is 0 Å². The average molecular weight is 338 g/mol. The van der Waals surface area contributed by atoms with Gasteiger partial charge in [-0.25, -0.2) is 4.98 Å². The lowest BCUT2D eigenvalue weighted by atomic mass is 9.80. The van der Waals surface area contributed by atoms with Crippen molar-refractivity contribution in [2.45, 2.75) is 19.4 Å². The topological polar surface area (TPSA) is 57.7 Å². The van der Waals surface area contributed by atoms with E-state index in [-0.39, 0.29) is 11.3 Å². The molecule has 7 heteroatoms. The fourth-order valence-corrected chi connectivity index (χ4v) is 4.37. The van der Waals surface area contributed by atoms with Crippen LogP contribution in [0.5, 0.6) is 0 Å². The van der Waals surface area contributed by atoms with Crippen molar-refractivity contribution in [1.29, 1.82) is 0 Å². The van der Waals surface area contributed by atoms with Crippen molar-refractivity contribution in [2.75, 3.05) is 53.0 Å². The Morgan fingerprint density at radius 1 is 1.43 bits per heavy atom. The number of amides is 1. The summed E-state index contributed by atoms with van der Waals surface area (Å²) in [6.45, 7) is 6.82. The maximum atomic E-state index is 11.7. The smallest absolute Gasteiger partial charge is 0.233 e. The number of likely N-dealkylation sites (N-methyl/N-ethyl adjacent to an activating group) is 1. The second kappa shape index (κ2) is 7.70. The van der Waals surface area contributed by atoms with Crippen LogP contribution in [0.1, 0.15) is 17.8 Å². The van der Waals surface area contributed by atoms with Crippen molar-refractivity contribution in [3.8, 4) is 0 Å². The standard InChI is InChI=1S/C16H26N4O2S/c1-17-14(21)9-20-6-7-22-13-16(12-20)3-2-5-19(11-16)10-15-18-4-8-23-15/h4,8H,2-3,5-7,9-13H2,1H3,(H,17,21). The number of rotatable bonds is 4. The number of nitrogens with zero attached hydrogens (tertiary/aromatic N) is 3. The van der Waals surface area contributed by atoms with Gasteiger partial charge in [0.25, 0.3) is 0 Å². The summed E-state index contributed by atoms with van der Waals surface area (Å²) in [6, 6.07) is 0. The van der Waals surface area contributed by atoms with Crippen LogP contribution in [0.4, 0.5) is 0 Å². The second-order valence-corrected chi connectivity index (χ2v) is 7.66. The molecule has 3 heterocycles. The van der Waals surface area contributed by atoms with Crippen molar-refractivity contribution < 1.29 is 9.53 Å². The number of carbonyl (C=O) groups excluding carboxylic acids is 1. The summed E-state index contributed by atoms with van der Waals surface area (Å²) in [7, 11) is 1.70. The third kappa shape index (κ3) is 4.50. The Balaban J connectivity index is 1.64. The van der Waals surface area contributed by atoms with Crippen molar-refractivity contribution >= 4 is 17.2 Å². The van der Waals surface area contributed by atoms with Crippen LogP contribution in [-0.4, -0.2) is 73.7 Å². The molecule has 0 bridgehead atoms. The van der Waals surface area contributed by atoms with Gasteiger partial charge in [-0.15, -0.1) is 11.3 Å². The molecule has 1 atom stereocenters. The molecule has 1 aromatic heterocycles. The maximum absolute atomic E-state index is 11.7. The molecule has 1 spiro atoms. The van der Waals surface area contributed by atoms with Gasteiger partial charge >= 0.3 is 0 Å². The average Bonchev–Trinajstić information content (AvgIpc) is 2.97. The number of nitrogens with one attached hydrogen (secondary N) is 1. The molecule has 2 saturated heterocycles. The fraction of sp³-hybridized carbons (Fsp3) is 0.750. The summed E-state index contributed by atoms with van der Waals surface area (Å²) < 4.78 is 5.90. The van der Waals surface area contributed by atoms with E-state index in [2.05, 4.69) is 20.1 Å². The monoisotopic (exact) mass is 338 g/mol. The number of piperidine rings is 1. The Bertz CT molecular complexity index is 510. The molecule has 0 aromatic carbocycles. The molecule has 1 aromatic rings. The van der Waals surface area contributed by atoms with Gasteiger partial charge in [0.05, 0.1) is 26.3 Å². The lowest BCUT2D eigenvalue weighted by Gasteiger charge is -2.43. The van der Waals surface area contributed by atoms with E-state index in [1.165, 1.54) is 17.8 Å². The molecular formula is C16H26N4O2S. The summed E-state index contributed by atoms with van der Waals surface area (Å²) in [5.41, 5.74) is 0.139. The van der Waals surface area contributed by atoms with Crippen LogP contribution in [0.15, 0.2) is 11.6 Å². The molecule has 128 valence electrons. The van der Waals surface area contributed by atoms with Crippen molar-refractivity contribution in [3.63, 3.8) is 0 Å². The highest BCUT2D eigenvalue weighted by atomic mass is 32.1. The number of hydrogen-bond donors (Lipinski definition) is 1. The molecule has 1 unspecified atom stereocenters. The summed E-state index contributed by atoms with van der Waals surface area (Å²) in [6.07, 6.45) is 4.23. The molecule has 0 radical (unpaired) electrons. The maximum Gasteiger partial charge on any atom is 0.233 e. The quantitative estimate of drug-likeness (QED) is 0.880. The summed E-state index contributed by atoms with van der Waals surface area (Å²) >= 11 is 1.72. The first-order valence-electron chi connectivity index (χ1n) is 8.31. The summed E-state index contributed by atoms with van der Waals surface area (Å²) in [4.78, 5) is 20.9. The van der Waals surface area contributed by atoms with E-state index >= 15 is 0 Å². The van der Waals surface area contributed by atoms with E-state index in [1.54, 1.807) is 18.4 Å². The number of ether oxygens (including phenoxy) is 1.